The monoisotopic (exact) mass is 402 g/mol. The van der Waals surface area contributed by atoms with Crippen molar-refractivity contribution < 1.29 is 19.0 Å². The zero-order valence-electron chi connectivity index (χ0n) is 18.9. The van der Waals surface area contributed by atoms with Gasteiger partial charge in [-0.3, -0.25) is 0 Å². The molecule has 1 heterocycles. The molecule has 3 atom stereocenters. The Morgan fingerprint density at radius 1 is 1.21 bits per heavy atom. The highest BCUT2D eigenvalue weighted by Crippen LogP contribution is 2.55. The van der Waals surface area contributed by atoms with Crippen LogP contribution in [0.1, 0.15) is 90.2 Å². The molecule has 0 bridgehead atoms. The number of benzene rings is 1. The summed E-state index contributed by atoms with van der Waals surface area (Å²) < 4.78 is 17.7. The van der Waals surface area contributed by atoms with Gasteiger partial charge in [-0.25, -0.2) is 4.79 Å². The molecule has 1 aromatic rings. The fraction of sp³-hybridized carbons (Fsp3) is 0.720. The van der Waals surface area contributed by atoms with Crippen molar-refractivity contribution in [2.24, 2.45) is 11.8 Å². The Bertz CT molecular complexity index is 709. The number of ether oxygens (including phenoxy) is 3. The van der Waals surface area contributed by atoms with Crippen LogP contribution in [0.4, 0.5) is 0 Å². The molecule has 0 saturated heterocycles. The third-order valence-corrected chi connectivity index (χ3v) is 6.63. The molecule has 1 aromatic carbocycles. The van der Waals surface area contributed by atoms with E-state index in [1.54, 1.807) is 0 Å². The lowest BCUT2D eigenvalue weighted by Gasteiger charge is -2.49. The Balaban J connectivity index is 1.96. The molecule has 0 amide bonds. The van der Waals surface area contributed by atoms with Gasteiger partial charge in [0.05, 0.1) is 6.61 Å². The van der Waals surface area contributed by atoms with Crippen LogP contribution < -0.4 is 9.47 Å². The van der Waals surface area contributed by atoms with Gasteiger partial charge in [-0.05, 0) is 76.0 Å². The first-order chi connectivity index (χ1) is 13.9. The number of unbranched alkanes of at least 4 members (excludes halogenated alkanes) is 2. The van der Waals surface area contributed by atoms with Crippen LogP contribution in [0, 0.1) is 11.8 Å². The van der Waals surface area contributed by atoms with E-state index in [4.69, 9.17) is 14.2 Å². The average molecular weight is 403 g/mol. The number of hydrogen-bond donors (Lipinski definition) is 0. The van der Waals surface area contributed by atoms with E-state index in [9.17, 15) is 4.79 Å². The lowest BCUT2D eigenvalue weighted by atomic mass is 9.64. The number of hydrogen-bond acceptors (Lipinski definition) is 4. The van der Waals surface area contributed by atoms with Crippen molar-refractivity contribution in [3.8, 4) is 11.5 Å². The molecule has 0 N–H and O–H groups in total. The Hall–Kier alpha value is -1.71. The van der Waals surface area contributed by atoms with Gasteiger partial charge in [0.15, 0.2) is 6.61 Å². The third kappa shape index (κ3) is 5.07. The van der Waals surface area contributed by atoms with Crippen LogP contribution in [0.15, 0.2) is 12.1 Å². The Kier molecular flexibility index (Phi) is 7.13. The fourth-order valence-electron chi connectivity index (χ4n) is 5.18. The summed E-state index contributed by atoms with van der Waals surface area (Å²) in [5, 5.41) is 0. The van der Waals surface area contributed by atoms with Crippen LogP contribution >= 0.6 is 0 Å². The highest BCUT2D eigenvalue weighted by molar-refractivity contribution is 5.71. The van der Waals surface area contributed by atoms with Gasteiger partial charge < -0.3 is 14.2 Å². The van der Waals surface area contributed by atoms with Crippen LogP contribution in [0.25, 0.3) is 0 Å². The van der Waals surface area contributed by atoms with Crippen molar-refractivity contribution in [2.45, 2.75) is 91.1 Å². The van der Waals surface area contributed by atoms with Crippen LogP contribution in [-0.2, 0) is 16.0 Å². The molecule has 162 valence electrons. The van der Waals surface area contributed by atoms with E-state index in [-0.39, 0.29) is 18.2 Å². The molecule has 1 saturated carbocycles. The molecule has 1 fully saturated rings. The molecule has 0 radical (unpaired) electrons. The summed E-state index contributed by atoms with van der Waals surface area (Å²) in [6, 6.07) is 4.37. The van der Waals surface area contributed by atoms with Crippen molar-refractivity contribution in [1.29, 1.82) is 0 Å². The van der Waals surface area contributed by atoms with E-state index >= 15 is 0 Å². The second-order valence-electron chi connectivity index (χ2n) is 9.39. The van der Waals surface area contributed by atoms with Crippen LogP contribution in [0.3, 0.4) is 0 Å². The number of fused-ring (bicyclic) bond motifs is 3. The Morgan fingerprint density at radius 3 is 2.72 bits per heavy atom. The Labute approximate surface area is 176 Å². The number of esters is 1. The van der Waals surface area contributed by atoms with E-state index in [1.165, 1.54) is 36.8 Å². The predicted octanol–water partition coefficient (Wildman–Crippen LogP) is 6.05. The van der Waals surface area contributed by atoms with E-state index in [1.807, 2.05) is 6.92 Å². The van der Waals surface area contributed by atoms with Gasteiger partial charge in [-0.15, -0.1) is 0 Å². The molecule has 4 heteroatoms. The molecular formula is C25H38O4. The van der Waals surface area contributed by atoms with Crippen molar-refractivity contribution in [1.82, 2.24) is 0 Å². The molecule has 3 rings (SSSR count). The summed E-state index contributed by atoms with van der Waals surface area (Å²) >= 11 is 0. The minimum absolute atomic E-state index is 0.0466. The highest BCUT2D eigenvalue weighted by atomic mass is 16.6. The van der Waals surface area contributed by atoms with Gasteiger partial charge in [0.1, 0.15) is 17.1 Å². The van der Waals surface area contributed by atoms with Gasteiger partial charge >= 0.3 is 5.97 Å². The second kappa shape index (κ2) is 9.40. The second-order valence-corrected chi connectivity index (χ2v) is 9.39. The number of carbonyl (C=O) groups is 1. The highest BCUT2D eigenvalue weighted by Gasteiger charge is 2.47. The normalized spacial score (nSPS) is 24.8. The molecule has 4 nitrogen and oxygen atoms in total. The average Bonchev–Trinajstić information content (AvgIpc) is 2.65. The number of rotatable bonds is 8. The summed E-state index contributed by atoms with van der Waals surface area (Å²) in [6.07, 6.45) is 8.14. The van der Waals surface area contributed by atoms with Gasteiger partial charge in [0, 0.05) is 11.5 Å². The number of aryl methyl sites for hydroxylation is 1. The predicted molar refractivity (Wildman–Crippen MR) is 116 cm³/mol. The largest absolute Gasteiger partial charge is 0.487 e. The smallest absolute Gasteiger partial charge is 0.344 e. The van der Waals surface area contributed by atoms with Crippen LogP contribution in [0.5, 0.6) is 11.5 Å². The maximum absolute atomic E-state index is 11.9. The molecular weight excluding hydrogens is 364 g/mol. The van der Waals surface area contributed by atoms with Crippen molar-refractivity contribution in [3.05, 3.63) is 23.3 Å². The summed E-state index contributed by atoms with van der Waals surface area (Å²) in [4.78, 5) is 11.9. The van der Waals surface area contributed by atoms with Gasteiger partial charge in [-0.2, -0.15) is 0 Å². The standard InChI is InChI=1S/C25H38O4/c1-6-8-9-10-18-14-21(28-16-23(26)27-7-2)24-19-13-17(3)11-12-20(19)25(4,5)29-22(24)15-18/h14-15,17,19-20H,6-13,16H2,1-5H3/t17?,19-,20-/m1/s1. The zero-order chi connectivity index (χ0) is 21.0. The first kappa shape index (κ1) is 22.0. The maximum Gasteiger partial charge on any atom is 0.344 e. The van der Waals surface area contributed by atoms with E-state index in [0.29, 0.717) is 24.4 Å². The summed E-state index contributed by atoms with van der Waals surface area (Å²) in [6.45, 7) is 11.2. The zero-order valence-corrected chi connectivity index (χ0v) is 18.9. The Morgan fingerprint density at radius 2 is 2.00 bits per heavy atom. The lowest BCUT2D eigenvalue weighted by Crippen LogP contribution is -2.46. The number of carbonyl (C=O) groups excluding carboxylic acids is 1. The van der Waals surface area contributed by atoms with E-state index in [2.05, 4.69) is 39.8 Å². The maximum atomic E-state index is 11.9. The summed E-state index contributed by atoms with van der Waals surface area (Å²) in [7, 11) is 0. The molecule has 1 aliphatic carbocycles. The minimum Gasteiger partial charge on any atom is -0.487 e. The van der Waals surface area contributed by atoms with E-state index < -0.39 is 0 Å². The topological polar surface area (TPSA) is 44.8 Å². The SMILES string of the molecule is CCCCCc1cc(OCC(=O)OCC)c2c(c1)OC(C)(C)[C@@H]1CCC(C)C[C@@H]21. The quantitative estimate of drug-likeness (QED) is 0.392. The minimum atomic E-state index is -0.316. The molecule has 0 aromatic heterocycles. The molecule has 1 unspecified atom stereocenters. The molecule has 29 heavy (non-hydrogen) atoms. The van der Waals surface area contributed by atoms with Crippen molar-refractivity contribution in [2.75, 3.05) is 13.2 Å². The fourth-order valence-corrected chi connectivity index (χ4v) is 5.18. The van der Waals surface area contributed by atoms with Crippen LogP contribution in [-0.4, -0.2) is 24.8 Å². The molecule has 2 aliphatic rings. The summed E-state index contributed by atoms with van der Waals surface area (Å²) in [5.41, 5.74) is 2.22. The van der Waals surface area contributed by atoms with Gasteiger partial charge in [0.2, 0.25) is 0 Å². The van der Waals surface area contributed by atoms with Crippen LogP contribution in [0.2, 0.25) is 0 Å². The van der Waals surface area contributed by atoms with Crippen molar-refractivity contribution >= 4 is 5.97 Å². The third-order valence-electron chi connectivity index (χ3n) is 6.63. The lowest BCUT2D eigenvalue weighted by molar-refractivity contribution is -0.145. The van der Waals surface area contributed by atoms with Gasteiger partial charge in [0.25, 0.3) is 0 Å². The molecule has 0 spiro atoms. The molecule has 1 aliphatic heterocycles. The van der Waals surface area contributed by atoms with Gasteiger partial charge in [-0.1, -0.05) is 33.1 Å². The first-order valence-electron chi connectivity index (χ1n) is 11.5. The van der Waals surface area contributed by atoms with Crippen molar-refractivity contribution in [3.63, 3.8) is 0 Å². The van der Waals surface area contributed by atoms with E-state index in [0.717, 1.165) is 30.8 Å². The summed E-state index contributed by atoms with van der Waals surface area (Å²) in [5.74, 6) is 3.05. The first-order valence-corrected chi connectivity index (χ1v) is 11.5.